The lowest BCUT2D eigenvalue weighted by molar-refractivity contribution is 0.0746. The molecule has 4 heterocycles. The quantitative estimate of drug-likeness (QED) is 0.713. The van der Waals surface area contributed by atoms with Crippen molar-refractivity contribution in [2.75, 3.05) is 45.2 Å². The third-order valence-corrected chi connectivity index (χ3v) is 7.79. The smallest absolute Gasteiger partial charge is 0.254 e. The monoisotopic (exact) mass is 454 g/mol. The van der Waals surface area contributed by atoms with Crippen LogP contribution in [0.5, 0.6) is 0 Å². The molecule has 0 saturated carbocycles. The fourth-order valence-electron chi connectivity index (χ4n) is 4.98. The molecule has 1 aromatic carbocycles. The van der Waals surface area contributed by atoms with Gasteiger partial charge in [0.15, 0.2) is 0 Å². The zero-order valence-corrected chi connectivity index (χ0v) is 20.1. The van der Waals surface area contributed by atoms with Crippen LogP contribution in [0.4, 0.5) is 5.82 Å². The molecule has 3 aliphatic heterocycles. The predicted octanol–water partition coefficient (Wildman–Crippen LogP) is 3.05. The minimum Gasteiger partial charge on any atom is -0.352 e. The Balaban J connectivity index is 1.37. The van der Waals surface area contributed by atoms with Crippen LogP contribution in [-0.2, 0) is 19.6 Å². The molecule has 0 spiro atoms. The SMILES string of the molecule is CC1=C(Cl)C(C)N(C)c2c3c(nn21)CN(C(=O)c1ccccc1CN1CCN(C)CC1)C3. The molecular formula is C24H31ClN6O. The van der Waals surface area contributed by atoms with Gasteiger partial charge in [-0.1, -0.05) is 29.8 Å². The van der Waals surface area contributed by atoms with Crippen molar-refractivity contribution in [3.8, 4) is 0 Å². The Morgan fingerprint density at radius 1 is 1.12 bits per heavy atom. The number of hydrogen-bond donors (Lipinski definition) is 0. The number of fused-ring (bicyclic) bond motifs is 3. The van der Waals surface area contributed by atoms with Gasteiger partial charge in [0.25, 0.3) is 5.91 Å². The van der Waals surface area contributed by atoms with Crippen molar-refractivity contribution in [3.05, 3.63) is 51.7 Å². The summed E-state index contributed by atoms with van der Waals surface area (Å²) < 4.78 is 1.94. The van der Waals surface area contributed by atoms with Crippen LogP contribution < -0.4 is 4.90 Å². The van der Waals surface area contributed by atoms with E-state index in [4.69, 9.17) is 16.7 Å². The van der Waals surface area contributed by atoms with Crippen LogP contribution in [0.25, 0.3) is 5.70 Å². The lowest BCUT2D eigenvalue weighted by Crippen LogP contribution is -2.44. The molecular weight excluding hydrogens is 424 g/mol. The maximum Gasteiger partial charge on any atom is 0.254 e. The Morgan fingerprint density at radius 3 is 2.59 bits per heavy atom. The summed E-state index contributed by atoms with van der Waals surface area (Å²) in [4.78, 5) is 22.5. The number of aromatic nitrogens is 2. The second-order valence-electron chi connectivity index (χ2n) is 9.28. The number of hydrogen-bond acceptors (Lipinski definition) is 5. The summed E-state index contributed by atoms with van der Waals surface area (Å²) in [5.74, 6) is 1.14. The second kappa shape index (κ2) is 8.21. The van der Waals surface area contributed by atoms with Crippen molar-refractivity contribution in [2.45, 2.75) is 39.5 Å². The van der Waals surface area contributed by atoms with Crippen LogP contribution in [0.2, 0.25) is 0 Å². The molecule has 8 heteroatoms. The summed E-state index contributed by atoms with van der Waals surface area (Å²) in [6.45, 7) is 10.2. The minimum atomic E-state index is 0.0864. The molecule has 2 aromatic rings. The van der Waals surface area contributed by atoms with Gasteiger partial charge >= 0.3 is 0 Å². The van der Waals surface area contributed by atoms with Crippen LogP contribution in [0.15, 0.2) is 29.3 Å². The van der Waals surface area contributed by atoms with E-state index in [0.717, 1.165) is 71.7 Å². The van der Waals surface area contributed by atoms with E-state index in [9.17, 15) is 4.79 Å². The number of halogens is 1. The summed E-state index contributed by atoms with van der Waals surface area (Å²) in [5.41, 5.74) is 4.98. The summed E-state index contributed by atoms with van der Waals surface area (Å²) in [7, 11) is 4.21. The molecule has 32 heavy (non-hydrogen) atoms. The van der Waals surface area contributed by atoms with Gasteiger partial charge in [0.05, 0.1) is 35.6 Å². The topological polar surface area (TPSA) is 47.9 Å². The van der Waals surface area contributed by atoms with Crippen LogP contribution in [0, 0.1) is 0 Å². The molecule has 5 rings (SSSR count). The summed E-state index contributed by atoms with van der Waals surface area (Å²) in [6, 6.07) is 8.15. The highest BCUT2D eigenvalue weighted by Gasteiger charge is 2.37. The Morgan fingerprint density at radius 2 is 1.84 bits per heavy atom. The highest BCUT2D eigenvalue weighted by Crippen LogP contribution is 2.40. The Hall–Kier alpha value is -2.35. The maximum atomic E-state index is 13.6. The first kappa shape index (κ1) is 21.5. The van der Waals surface area contributed by atoms with Gasteiger partial charge in [-0.15, -0.1) is 0 Å². The van der Waals surface area contributed by atoms with E-state index in [0.29, 0.717) is 13.1 Å². The predicted molar refractivity (Wildman–Crippen MR) is 128 cm³/mol. The summed E-state index contributed by atoms with van der Waals surface area (Å²) in [6.07, 6.45) is 0. The number of piperazine rings is 1. The van der Waals surface area contributed by atoms with E-state index in [1.165, 1.54) is 0 Å². The first-order chi connectivity index (χ1) is 15.3. The van der Waals surface area contributed by atoms with Gasteiger partial charge in [-0.25, -0.2) is 4.68 Å². The summed E-state index contributed by atoms with van der Waals surface area (Å²) in [5, 5.41) is 5.63. The number of carbonyl (C=O) groups is 1. The molecule has 0 bridgehead atoms. The maximum absolute atomic E-state index is 13.6. The fraction of sp³-hybridized carbons (Fsp3) is 0.500. The number of allylic oxidation sites excluding steroid dienone is 1. The van der Waals surface area contributed by atoms with Gasteiger partial charge in [0.1, 0.15) is 5.82 Å². The fourth-order valence-corrected chi connectivity index (χ4v) is 5.21. The first-order valence-corrected chi connectivity index (χ1v) is 11.7. The molecule has 1 fully saturated rings. The number of anilines is 1. The number of rotatable bonds is 3. The normalized spacial score (nSPS) is 21.8. The Labute approximate surface area is 194 Å². The molecule has 1 unspecified atom stereocenters. The Kier molecular flexibility index (Phi) is 5.51. The van der Waals surface area contributed by atoms with Crippen molar-refractivity contribution < 1.29 is 4.79 Å². The van der Waals surface area contributed by atoms with Crippen molar-refractivity contribution >= 4 is 29.0 Å². The number of carbonyl (C=O) groups excluding carboxylic acids is 1. The molecule has 1 aromatic heterocycles. The largest absolute Gasteiger partial charge is 0.352 e. The van der Waals surface area contributed by atoms with E-state index in [1.54, 1.807) is 0 Å². The van der Waals surface area contributed by atoms with Gasteiger partial charge in [-0.05, 0) is 32.5 Å². The van der Waals surface area contributed by atoms with Crippen LogP contribution in [-0.4, -0.2) is 76.7 Å². The van der Waals surface area contributed by atoms with Crippen molar-refractivity contribution in [3.63, 3.8) is 0 Å². The molecule has 1 saturated heterocycles. The van der Waals surface area contributed by atoms with Gasteiger partial charge < -0.3 is 14.7 Å². The number of likely N-dealkylation sites (N-methyl/N-ethyl adjacent to an activating group) is 2. The van der Waals surface area contributed by atoms with Gasteiger partial charge in [0.2, 0.25) is 0 Å². The molecule has 7 nitrogen and oxygen atoms in total. The number of nitrogens with zero attached hydrogens (tertiary/aromatic N) is 6. The zero-order chi connectivity index (χ0) is 22.6. The molecule has 0 aliphatic carbocycles. The second-order valence-corrected chi connectivity index (χ2v) is 9.69. The van der Waals surface area contributed by atoms with Gasteiger partial charge in [-0.2, -0.15) is 5.10 Å². The van der Waals surface area contributed by atoms with Crippen LogP contribution >= 0.6 is 11.6 Å². The average Bonchev–Trinajstić information content (AvgIpc) is 3.36. The molecule has 3 aliphatic rings. The molecule has 170 valence electrons. The molecule has 1 atom stereocenters. The van der Waals surface area contributed by atoms with E-state index in [2.05, 4.69) is 34.7 Å². The zero-order valence-electron chi connectivity index (χ0n) is 19.3. The van der Waals surface area contributed by atoms with E-state index in [1.807, 2.05) is 41.8 Å². The first-order valence-electron chi connectivity index (χ1n) is 11.3. The van der Waals surface area contributed by atoms with Crippen molar-refractivity contribution in [2.24, 2.45) is 0 Å². The molecule has 0 radical (unpaired) electrons. The number of benzene rings is 1. The van der Waals surface area contributed by atoms with Crippen molar-refractivity contribution in [1.82, 2.24) is 24.5 Å². The van der Waals surface area contributed by atoms with Crippen molar-refractivity contribution in [1.29, 1.82) is 0 Å². The summed E-state index contributed by atoms with van der Waals surface area (Å²) >= 11 is 6.53. The van der Waals surface area contributed by atoms with Gasteiger partial charge in [-0.3, -0.25) is 9.69 Å². The van der Waals surface area contributed by atoms with E-state index < -0.39 is 0 Å². The van der Waals surface area contributed by atoms with E-state index >= 15 is 0 Å². The standard InChI is InChI=1S/C24H31ClN6O/c1-16-22(25)17(2)31-23(28(16)4)20-14-30(15-21(20)26-31)24(32)19-8-6-5-7-18(19)13-29-11-9-27(3)10-12-29/h5-8,16H,9-15H2,1-4H3. The third kappa shape index (κ3) is 3.52. The molecule has 0 N–H and O–H groups in total. The highest BCUT2D eigenvalue weighted by atomic mass is 35.5. The Bertz CT molecular complexity index is 1080. The minimum absolute atomic E-state index is 0.0864. The number of amides is 1. The highest BCUT2D eigenvalue weighted by molar-refractivity contribution is 6.33. The van der Waals surface area contributed by atoms with Crippen LogP contribution in [0.3, 0.4) is 0 Å². The lowest BCUT2D eigenvalue weighted by atomic mass is 10.1. The third-order valence-electron chi connectivity index (χ3n) is 7.20. The van der Waals surface area contributed by atoms with Gasteiger partial charge in [0, 0.05) is 50.9 Å². The van der Waals surface area contributed by atoms with E-state index in [-0.39, 0.29) is 11.9 Å². The lowest BCUT2D eigenvalue weighted by Gasteiger charge is -2.34. The van der Waals surface area contributed by atoms with Crippen LogP contribution in [0.1, 0.15) is 41.0 Å². The molecule has 1 amide bonds. The average molecular weight is 455 g/mol.